The van der Waals surface area contributed by atoms with E-state index < -0.39 is 5.97 Å². The molecule has 0 aromatic heterocycles. The van der Waals surface area contributed by atoms with Crippen LogP contribution in [-0.4, -0.2) is 19.0 Å². The van der Waals surface area contributed by atoms with Crippen LogP contribution in [0.25, 0.3) is 12.2 Å². The highest BCUT2D eigenvalue weighted by atomic mass is 35.5. The molecule has 1 aliphatic heterocycles. The second-order valence-electron chi connectivity index (χ2n) is 5.12. The summed E-state index contributed by atoms with van der Waals surface area (Å²) < 4.78 is 10.4. The lowest BCUT2D eigenvalue weighted by molar-refractivity contribution is -0.129. The standard InChI is InChI=1S/C19H13Cl2NO3/c1-24-17-5-3-2-4-13(17)7-9-18-22-16(19(23)25-18)11-12-6-8-14(20)15(21)10-12/h2-11H,1H3/b9-7+,16-11+. The zero-order valence-corrected chi connectivity index (χ0v) is 14.7. The molecular weight excluding hydrogens is 361 g/mol. The maximum absolute atomic E-state index is 12.0. The largest absolute Gasteiger partial charge is 0.496 e. The van der Waals surface area contributed by atoms with Crippen molar-refractivity contribution in [2.45, 2.75) is 0 Å². The summed E-state index contributed by atoms with van der Waals surface area (Å²) in [6.45, 7) is 0. The fraction of sp³-hybridized carbons (Fsp3) is 0.0526. The van der Waals surface area contributed by atoms with Gasteiger partial charge in [0, 0.05) is 11.6 Å². The number of carbonyl (C=O) groups is 1. The van der Waals surface area contributed by atoms with Gasteiger partial charge in [-0.15, -0.1) is 0 Å². The molecule has 4 nitrogen and oxygen atoms in total. The molecule has 0 saturated carbocycles. The first-order valence-corrected chi connectivity index (χ1v) is 8.11. The minimum atomic E-state index is -0.522. The molecule has 0 atom stereocenters. The maximum atomic E-state index is 12.0. The molecule has 0 radical (unpaired) electrons. The van der Waals surface area contributed by atoms with E-state index in [1.165, 1.54) is 0 Å². The number of hydrogen-bond donors (Lipinski definition) is 0. The number of halogens is 2. The van der Waals surface area contributed by atoms with Crippen LogP contribution in [0.1, 0.15) is 11.1 Å². The van der Waals surface area contributed by atoms with Crippen LogP contribution in [0, 0.1) is 0 Å². The van der Waals surface area contributed by atoms with E-state index in [1.54, 1.807) is 43.5 Å². The van der Waals surface area contributed by atoms with Gasteiger partial charge in [-0.25, -0.2) is 9.79 Å². The Morgan fingerprint density at radius 3 is 2.64 bits per heavy atom. The van der Waals surface area contributed by atoms with Gasteiger partial charge in [-0.2, -0.15) is 0 Å². The van der Waals surface area contributed by atoms with Crippen molar-refractivity contribution in [3.8, 4) is 5.75 Å². The summed E-state index contributed by atoms with van der Waals surface area (Å²) in [4.78, 5) is 16.1. The van der Waals surface area contributed by atoms with Gasteiger partial charge in [0.1, 0.15) is 5.75 Å². The van der Waals surface area contributed by atoms with Gasteiger partial charge in [-0.3, -0.25) is 0 Å². The average Bonchev–Trinajstić information content (AvgIpc) is 2.96. The van der Waals surface area contributed by atoms with Crippen LogP contribution in [0.15, 0.2) is 59.2 Å². The smallest absolute Gasteiger partial charge is 0.363 e. The van der Waals surface area contributed by atoms with Crippen molar-refractivity contribution in [3.63, 3.8) is 0 Å². The molecule has 0 aliphatic carbocycles. The average molecular weight is 374 g/mol. The summed E-state index contributed by atoms with van der Waals surface area (Å²) >= 11 is 11.9. The van der Waals surface area contributed by atoms with Gasteiger partial charge in [-0.05, 0) is 35.9 Å². The Morgan fingerprint density at radius 1 is 1.08 bits per heavy atom. The minimum absolute atomic E-state index is 0.193. The second kappa shape index (κ2) is 7.55. The van der Waals surface area contributed by atoms with E-state index in [9.17, 15) is 4.79 Å². The lowest BCUT2D eigenvalue weighted by Crippen LogP contribution is -2.01. The van der Waals surface area contributed by atoms with Crippen molar-refractivity contribution in [2.75, 3.05) is 7.11 Å². The van der Waals surface area contributed by atoms with Crippen LogP contribution in [-0.2, 0) is 9.53 Å². The van der Waals surface area contributed by atoms with Crippen molar-refractivity contribution >= 4 is 47.2 Å². The number of carbonyl (C=O) groups excluding carboxylic acids is 1. The number of ether oxygens (including phenoxy) is 2. The minimum Gasteiger partial charge on any atom is -0.496 e. The third kappa shape index (κ3) is 4.10. The molecule has 0 saturated heterocycles. The van der Waals surface area contributed by atoms with Crippen LogP contribution in [0.2, 0.25) is 10.0 Å². The van der Waals surface area contributed by atoms with Gasteiger partial charge in [0.25, 0.3) is 0 Å². The lowest BCUT2D eigenvalue weighted by Gasteiger charge is -2.02. The molecule has 0 fully saturated rings. The second-order valence-corrected chi connectivity index (χ2v) is 5.93. The summed E-state index contributed by atoms with van der Waals surface area (Å²) in [5.74, 6) is 0.406. The zero-order valence-electron chi connectivity index (χ0n) is 13.2. The Kier molecular flexibility index (Phi) is 5.22. The molecule has 2 aromatic carbocycles. The molecule has 0 unspecified atom stereocenters. The number of rotatable bonds is 4. The highest BCUT2D eigenvalue weighted by molar-refractivity contribution is 6.42. The predicted molar refractivity (Wildman–Crippen MR) is 100.0 cm³/mol. The molecule has 0 amide bonds. The molecule has 6 heteroatoms. The van der Waals surface area contributed by atoms with Crippen LogP contribution >= 0.6 is 23.2 Å². The van der Waals surface area contributed by atoms with Crippen molar-refractivity contribution in [3.05, 3.63) is 75.4 Å². The topological polar surface area (TPSA) is 47.9 Å². The number of aliphatic imine (C=N–C) groups is 1. The van der Waals surface area contributed by atoms with Crippen molar-refractivity contribution in [2.24, 2.45) is 4.99 Å². The monoisotopic (exact) mass is 373 g/mol. The molecule has 1 heterocycles. The Balaban J connectivity index is 1.83. The molecule has 3 rings (SSSR count). The van der Waals surface area contributed by atoms with E-state index in [1.807, 2.05) is 24.3 Å². The first-order chi connectivity index (χ1) is 12.1. The van der Waals surface area contributed by atoms with Crippen LogP contribution in [0.4, 0.5) is 0 Å². The van der Waals surface area contributed by atoms with Crippen molar-refractivity contribution in [1.29, 1.82) is 0 Å². The Morgan fingerprint density at radius 2 is 1.88 bits per heavy atom. The highest BCUT2D eigenvalue weighted by Crippen LogP contribution is 2.25. The van der Waals surface area contributed by atoms with E-state index in [2.05, 4.69) is 4.99 Å². The SMILES string of the molecule is COc1ccccc1/C=C/C1=NC(=C/c2ccc(Cl)c(Cl)c2)/C(=O)O1. The Bertz CT molecular complexity index is 917. The number of cyclic esters (lactones) is 1. The third-order valence-electron chi connectivity index (χ3n) is 3.43. The van der Waals surface area contributed by atoms with E-state index >= 15 is 0 Å². The molecule has 0 N–H and O–H groups in total. The third-order valence-corrected chi connectivity index (χ3v) is 4.17. The quantitative estimate of drug-likeness (QED) is 0.558. The van der Waals surface area contributed by atoms with Gasteiger partial charge < -0.3 is 9.47 Å². The van der Waals surface area contributed by atoms with E-state index in [0.29, 0.717) is 15.6 Å². The first-order valence-electron chi connectivity index (χ1n) is 7.35. The molecule has 2 aromatic rings. The van der Waals surface area contributed by atoms with Gasteiger partial charge >= 0.3 is 5.97 Å². The maximum Gasteiger partial charge on any atom is 0.363 e. The van der Waals surface area contributed by atoms with Crippen molar-refractivity contribution in [1.82, 2.24) is 0 Å². The lowest BCUT2D eigenvalue weighted by atomic mass is 10.2. The molecule has 0 bridgehead atoms. The van der Waals surface area contributed by atoms with E-state index in [-0.39, 0.29) is 11.6 Å². The van der Waals surface area contributed by atoms with E-state index in [4.69, 9.17) is 32.7 Å². The molecule has 126 valence electrons. The number of methoxy groups -OCH3 is 1. The van der Waals surface area contributed by atoms with Crippen LogP contribution < -0.4 is 4.74 Å². The summed E-state index contributed by atoms with van der Waals surface area (Å²) in [5.41, 5.74) is 1.75. The van der Waals surface area contributed by atoms with Gasteiger partial charge in [-0.1, -0.05) is 47.5 Å². The molecule has 0 spiro atoms. The van der Waals surface area contributed by atoms with Crippen LogP contribution in [0.5, 0.6) is 5.75 Å². The Hall–Kier alpha value is -2.56. The summed E-state index contributed by atoms with van der Waals surface area (Å²) in [5, 5.41) is 0.851. The number of benzene rings is 2. The fourth-order valence-corrected chi connectivity index (χ4v) is 2.53. The van der Waals surface area contributed by atoms with Gasteiger partial charge in [0.05, 0.1) is 17.2 Å². The van der Waals surface area contributed by atoms with Gasteiger partial charge in [0.15, 0.2) is 5.70 Å². The normalized spacial score (nSPS) is 15.6. The van der Waals surface area contributed by atoms with Crippen LogP contribution in [0.3, 0.4) is 0 Å². The summed E-state index contributed by atoms with van der Waals surface area (Å²) in [6, 6.07) is 12.6. The summed E-state index contributed by atoms with van der Waals surface area (Å²) in [7, 11) is 1.60. The first kappa shape index (κ1) is 17.3. The Labute approximate surface area is 155 Å². The highest BCUT2D eigenvalue weighted by Gasteiger charge is 2.21. The number of nitrogens with zero attached hydrogens (tertiary/aromatic N) is 1. The summed E-state index contributed by atoms with van der Waals surface area (Å²) in [6.07, 6.45) is 4.98. The predicted octanol–water partition coefficient (Wildman–Crippen LogP) is 5.01. The van der Waals surface area contributed by atoms with Gasteiger partial charge in [0.2, 0.25) is 5.90 Å². The number of para-hydroxylation sites is 1. The number of esters is 1. The molecule has 1 aliphatic rings. The van der Waals surface area contributed by atoms with Crippen molar-refractivity contribution < 1.29 is 14.3 Å². The fourth-order valence-electron chi connectivity index (χ4n) is 2.22. The van der Waals surface area contributed by atoms with E-state index in [0.717, 1.165) is 11.3 Å². The number of hydrogen-bond acceptors (Lipinski definition) is 4. The molecular formula is C19H13Cl2NO3. The molecule has 25 heavy (non-hydrogen) atoms. The zero-order chi connectivity index (χ0) is 17.8.